The summed E-state index contributed by atoms with van der Waals surface area (Å²) in [6.45, 7) is 4.90. The van der Waals surface area contributed by atoms with E-state index in [-0.39, 0.29) is 24.9 Å². The van der Waals surface area contributed by atoms with E-state index in [2.05, 4.69) is 0 Å². The average Bonchev–Trinajstić information content (AvgIpc) is 2.18. The molecular formula is C10H18N2O3. The van der Waals surface area contributed by atoms with Gasteiger partial charge >= 0.3 is 0 Å². The number of nitrogens with zero attached hydrogens (tertiary/aromatic N) is 2. The highest BCUT2D eigenvalue weighted by Crippen LogP contribution is 2.06. The number of hydrogen-bond acceptors (Lipinski definition) is 3. The van der Waals surface area contributed by atoms with E-state index < -0.39 is 6.10 Å². The second kappa shape index (κ2) is 5.11. The third-order valence-corrected chi connectivity index (χ3v) is 2.56. The third kappa shape index (κ3) is 3.20. The molecule has 5 heteroatoms. The molecule has 1 saturated heterocycles. The van der Waals surface area contributed by atoms with Crippen molar-refractivity contribution in [2.45, 2.75) is 26.4 Å². The molecule has 0 bridgehead atoms. The molecule has 86 valence electrons. The van der Waals surface area contributed by atoms with Crippen LogP contribution in [0.15, 0.2) is 0 Å². The molecule has 1 heterocycles. The van der Waals surface area contributed by atoms with Crippen LogP contribution in [0, 0.1) is 0 Å². The maximum atomic E-state index is 11.6. The van der Waals surface area contributed by atoms with Crippen molar-refractivity contribution in [2.75, 3.05) is 26.2 Å². The summed E-state index contributed by atoms with van der Waals surface area (Å²) in [6.07, 6.45) is 0.0858. The van der Waals surface area contributed by atoms with Gasteiger partial charge in [0.2, 0.25) is 11.8 Å². The smallest absolute Gasteiger partial charge is 0.242 e. The third-order valence-electron chi connectivity index (χ3n) is 2.56. The molecule has 1 atom stereocenters. The molecule has 2 amide bonds. The molecule has 0 spiro atoms. The summed E-state index contributed by atoms with van der Waals surface area (Å²) < 4.78 is 0. The standard InChI is InChI=1S/C10H18N2O3/c1-3-11-6-10(15)12(7-9(11)14)5-4-8(2)13/h8,13H,3-7H2,1-2H3. The summed E-state index contributed by atoms with van der Waals surface area (Å²) in [6, 6.07) is 0. The lowest BCUT2D eigenvalue weighted by atomic mass is 10.2. The number of aliphatic hydroxyl groups excluding tert-OH is 1. The van der Waals surface area contributed by atoms with Crippen LogP contribution in [0.25, 0.3) is 0 Å². The van der Waals surface area contributed by atoms with E-state index >= 15 is 0 Å². The number of hydrogen-bond donors (Lipinski definition) is 1. The van der Waals surface area contributed by atoms with Crippen molar-refractivity contribution >= 4 is 11.8 Å². The van der Waals surface area contributed by atoms with Crippen molar-refractivity contribution in [1.29, 1.82) is 0 Å². The molecule has 1 fully saturated rings. The first-order chi connectivity index (χ1) is 7.04. The first kappa shape index (κ1) is 12.0. The summed E-state index contributed by atoms with van der Waals surface area (Å²) >= 11 is 0. The lowest BCUT2D eigenvalue weighted by Crippen LogP contribution is -2.53. The van der Waals surface area contributed by atoms with Gasteiger partial charge in [0.05, 0.1) is 19.2 Å². The molecule has 1 unspecified atom stereocenters. The van der Waals surface area contributed by atoms with Crippen molar-refractivity contribution in [2.24, 2.45) is 0 Å². The average molecular weight is 214 g/mol. The number of rotatable bonds is 4. The fraction of sp³-hybridized carbons (Fsp3) is 0.800. The number of piperazine rings is 1. The molecule has 1 N–H and O–H groups in total. The molecule has 0 radical (unpaired) electrons. The Kier molecular flexibility index (Phi) is 4.08. The van der Waals surface area contributed by atoms with Gasteiger partial charge in [-0.25, -0.2) is 0 Å². The van der Waals surface area contributed by atoms with E-state index in [1.807, 2.05) is 6.92 Å². The Labute approximate surface area is 89.7 Å². The Morgan fingerprint density at radius 3 is 2.33 bits per heavy atom. The highest BCUT2D eigenvalue weighted by molar-refractivity contribution is 5.92. The SMILES string of the molecule is CCN1CC(=O)N(CCC(C)O)CC1=O. The number of aliphatic hydroxyl groups is 1. The van der Waals surface area contributed by atoms with E-state index in [0.717, 1.165) is 0 Å². The van der Waals surface area contributed by atoms with Crippen LogP contribution < -0.4 is 0 Å². The van der Waals surface area contributed by atoms with Gasteiger partial charge in [0, 0.05) is 13.1 Å². The van der Waals surface area contributed by atoms with Gasteiger partial charge in [-0.1, -0.05) is 0 Å². The molecule has 0 aromatic carbocycles. The van der Waals surface area contributed by atoms with Crippen LogP contribution >= 0.6 is 0 Å². The Hall–Kier alpha value is -1.10. The molecule has 1 aliphatic rings. The summed E-state index contributed by atoms with van der Waals surface area (Å²) in [5.74, 6) is -0.0419. The molecule has 1 rings (SSSR count). The zero-order valence-electron chi connectivity index (χ0n) is 9.27. The van der Waals surface area contributed by atoms with Crippen LogP contribution in [0.5, 0.6) is 0 Å². The van der Waals surface area contributed by atoms with Gasteiger partial charge in [-0.3, -0.25) is 9.59 Å². The molecule has 0 aromatic rings. The number of likely N-dealkylation sites (N-methyl/N-ethyl adjacent to an activating group) is 1. The molecule has 0 aliphatic carbocycles. The predicted molar refractivity (Wildman–Crippen MR) is 55.1 cm³/mol. The highest BCUT2D eigenvalue weighted by atomic mass is 16.3. The van der Waals surface area contributed by atoms with Gasteiger partial charge in [-0.05, 0) is 20.3 Å². The Balaban J connectivity index is 2.48. The van der Waals surface area contributed by atoms with E-state index in [4.69, 9.17) is 5.11 Å². The summed E-state index contributed by atoms with van der Waals surface area (Å²) in [5, 5.41) is 9.10. The Morgan fingerprint density at radius 2 is 1.80 bits per heavy atom. The van der Waals surface area contributed by atoms with Crippen molar-refractivity contribution in [3.8, 4) is 0 Å². The van der Waals surface area contributed by atoms with Crippen LogP contribution in [0.3, 0.4) is 0 Å². The fourth-order valence-corrected chi connectivity index (χ4v) is 1.54. The van der Waals surface area contributed by atoms with E-state index in [9.17, 15) is 9.59 Å². The lowest BCUT2D eigenvalue weighted by molar-refractivity contribution is -0.150. The van der Waals surface area contributed by atoms with Gasteiger partial charge in [0.1, 0.15) is 0 Å². The maximum absolute atomic E-state index is 11.6. The topological polar surface area (TPSA) is 60.9 Å². The van der Waals surface area contributed by atoms with Gasteiger partial charge in [0.15, 0.2) is 0 Å². The van der Waals surface area contributed by atoms with Crippen molar-refractivity contribution in [3.05, 3.63) is 0 Å². The van der Waals surface area contributed by atoms with Gasteiger partial charge in [0.25, 0.3) is 0 Å². The molecule has 0 aromatic heterocycles. The van der Waals surface area contributed by atoms with Crippen LogP contribution in [0.2, 0.25) is 0 Å². The van der Waals surface area contributed by atoms with Gasteiger partial charge < -0.3 is 14.9 Å². The Bertz CT molecular complexity index is 253. The molecule has 1 aliphatic heterocycles. The maximum Gasteiger partial charge on any atom is 0.242 e. The van der Waals surface area contributed by atoms with Crippen molar-refractivity contribution in [1.82, 2.24) is 9.80 Å². The van der Waals surface area contributed by atoms with Crippen molar-refractivity contribution < 1.29 is 14.7 Å². The van der Waals surface area contributed by atoms with Gasteiger partial charge in [-0.2, -0.15) is 0 Å². The van der Waals surface area contributed by atoms with Crippen LogP contribution in [-0.4, -0.2) is 59.0 Å². The minimum absolute atomic E-state index is 0.0114. The normalized spacial score (nSPS) is 19.7. The van der Waals surface area contributed by atoms with Crippen LogP contribution in [0.4, 0.5) is 0 Å². The molecule has 15 heavy (non-hydrogen) atoms. The first-order valence-corrected chi connectivity index (χ1v) is 5.28. The van der Waals surface area contributed by atoms with Gasteiger partial charge in [-0.15, -0.1) is 0 Å². The number of carbonyl (C=O) groups excluding carboxylic acids is 2. The molecular weight excluding hydrogens is 196 g/mol. The minimum Gasteiger partial charge on any atom is -0.393 e. The number of carbonyl (C=O) groups is 2. The van der Waals surface area contributed by atoms with Crippen molar-refractivity contribution in [3.63, 3.8) is 0 Å². The van der Waals surface area contributed by atoms with E-state index in [1.54, 1.807) is 11.8 Å². The zero-order chi connectivity index (χ0) is 11.4. The predicted octanol–water partition coefficient (Wildman–Crippen LogP) is -0.552. The monoisotopic (exact) mass is 214 g/mol. The lowest BCUT2D eigenvalue weighted by Gasteiger charge is -2.33. The van der Waals surface area contributed by atoms with E-state index in [0.29, 0.717) is 19.5 Å². The number of amides is 2. The Morgan fingerprint density at radius 1 is 1.27 bits per heavy atom. The fourth-order valence-electron chi connectivity index (χ4n) is 1.54. The largest absolute Gasteiger partial charge is 0.393 e. The summed E-state index contributed by atoms with van der Waals surface area (Å²) in [7, 11) is 0. The second-order valence-corrected chi connectivity index (χ2v) is 3.86. The summed E-state index contributed by atoms with van der Waals surface area (Å²) in [5.41, 5.74) is 0. The van der Waals surface area contributed by atoms with Crippen LogP contribution in [0.1, 0.15) is 20.3 Å². The van der Waals surface area contributed by atoms with E-state index in [1.165, 1.54) is 4.90 Å². The van der Waals surface area contributed by atoms with Crippen LogP contribution in [-0.2, 0) is 9.59 Å². The quantitative estimate of drug-likeness (QED) is 0.683. The first-order valence-electron chi connectivity index (χ1n) is 5.28. The summed E-state index contributed by atoms with van der Waals surface area (Å²) in [4.78, 5) is 26.1. The minimum atomic E-state index is -0.433. The molecule has 0 saturated carbocycles. The zero-order valence-corrected chi connectivity index (χ0v) is 9.27. The molecule has 5 nitrogen and oxygen atoms in total. The highest BCUT2D eigenvalue weighted by Gasteiger charge is 2.28. The second-order valence-electron chi connectivity index (χ2n) is 3.86.